The van der Waals surface area contributed by atoms with Crippen LogP contribution in [0, 0.1) is 0 Å². The topological polar surface area (TPSA) is 34.0 Å². The summed E-state index contributed by atoms with van der Waals surface area (Å²) in [4.78, 5) is 6.00. The summed E-state index contributed by atoms with van der Waals surface area (Å²) in [5.41, 5.74) is 0.551. The standard InChI is InChI=1S/C17H17F3N4/c1-23(2)10-11-24-15(12-6-4-3-5-7-12)14-13(17(18,19)20)8-9-21-16(14)22-24/h3-9H,10-11H2,1-2H3. The molecule has 0 spiro atoms. The number of aromatic nitrogens is 3. The number of hydrogen-bond acceptors (Lipinski definition) is 3. The summed E-state index contributed by atoms with van der Waals surface area (Å²) < 4.78 is 42.0. The van der Waals surface area contributed by atoms with Gasteiger partial charge < -0.3 is 4.90 Å². The van der Waals surface area contributed by atoms with E-state index in [0.29, 0.717) is 24.3 Å². The zero-order chi connectivity index (χ0) is 17.3. The summed E-state index contributed by atoms with van der Waals surface area (Å²) in [5.74, 6) is 0. The second-order valence-corrected chi connectivity index (χ2v) is 5.80. The van der Waals surface area contributed by atoms with Crippen LogP contribution >= 0.6 is 0 Å². The Balaban J connectivity index is 2.28. The lowest BCUT2D eigenvalue weighted by molar-refractivity contribution is -0.136. The lowest BCUT2D eigenvalue weighted by Gasteiger charge is -2.13. The molecular weight excluding hydrogens is 317 g/mol. The first-order valence-electron chi connectivity index (χ1n) is 7.51. The predicted octanol–water partition coefficient (Wildman–Crippen LogP) is 3.68. The number of hydrogen-bond donors (Lipinski definition) is 0. The Morgan fingerprint density at radius 2 is 1.79 bits per heavy atom. The van der Waals surface area contributed by atoms with Gasteiger partial charge in [-0.3, -0.25) is 4.68 Å². The molecular formula is C17H17F3N4. The fraction of sp³-hybridized carbons (Fsp3) is 0.294. The number of rotatable bonds is 4. The molecule has 4 nitrogen and oxygen atoms in total. The average molecular weight is 334 g/mol. The number of fused-ring (bicyclic) bond motifs is 1. The summed E-state index contributed by atoms with van der Waals surface area (Å²) in [5, 5.41) is 4.36. The number of halogens is 3. The van der Waals surface area contributed by atoms with E-state index in [2.05, 4.69) is 10.1 Å². The molecule has 0 bridgehead atoms. The van der Waals surface area contributed by atoms with Gasteiger partial charge in [0.1, 0.15) is 0 Å². The molecule has 0 unspecified atom stereocenters. The molecule has 7 heteroatoms. The zero-order valence-electron chi connectivity index (χ0n) is 13.4. The third-order valence-electron chi connectivity index (χ3n) is 3.75. The third-order valence-corrected chi connectivity index (χ3v) is 3.75. The Morgan fingerprint density at radius 3 is 2.42 bits per heavy atom. The summed E-state index contributed by atoms with van der Waals surface area (Å²) in [7, 11) is 3.82. The summed E-state index contributed by atoms with van der Waals surface area (Å²) >= 11 is 0. The van der Waals surface area contributed by atoms with E-state index in [0.717, 1.165) is 12.3 Å². The van der Waals surface area contributed by atoms with Crippen molar-refractivity contribution in [1.29, 1.82) is 0 Å². The van der Waals surface area contributed by atoms with Crippen LogP contribution in [0.15, 0.2) is 42.6 Å². The Labute approximate surface area is 137 Å². The molecule has 3 aromatic rings. The third kappa shape index (κ3) is 3.12. The predicted molar refractivity (Wildman–Crippen MR) is 86.5 cm³/mol. The molecule has 0 radical (unpaired) electrons. The Bertz CT molecular complexity index is 838. The van der Waals surface area contributed by atoms with Crippen LogP contribution in [-0.4, -0.2) is 40.3 Å². The van der Waals surface area contributed by atoms with Crippen LogP contribution in [0.4, 0.5) is 13.2 Å². The van der Waals surface area contributed by atoms with Crippen LogP contribution in [0.3, 0.4) is 0 Å². The van der Waals surface area contributed by atoms with Crippen molar-refractivity contribution in [3.63, 3.8) is 0 Å². The number of pyridine rings is 1. The molecule has 0 saturated carbocycles. The van der Waals surface area contributed by atoms with Crippen LogP contribution in [0.25, 0.3) is 22.3 Å². The van der Waals surface area contributed by atoms with E-state index < -0.39 is 11.7 Å². The molecule has 1 aromatic carbocycles. The summed E-state index contributed by atoms with van der Waals surface area (Å²) in [6.45, 7) is 1.14. The highest BCUT2D eigenvalue weighted by Gasteiger charge is 2.35. The largest absolute Gasteiger partial charge is 0.417 e. The van der Waals surface area contributed by atoms with Gasteiger partial charge in [0.05, 0.1) is 23.2 Å². The average Bonchev–Trinajstić information content (AvgIpc) is 2.91. The minimum absolute atomic E-state index is 0.0509. The van der Waals surface area contributed by atoms with Crippen molar-refractivity contribution in [2.24, 2.45) is 0 Å². The lowest BCUT2D eigenvalue weighted by Crippen LogP contribution is -2.19. The molecule has 2 aromatic heterocycles. The highest BCUT2D eigenvalue weighted by Crippen LogP contribution is 2.38. The maximum atomic E-state index is 13.5. The second kappa shape index (κ2) is 6.24. The van der Waals surface area contributed by atoms with Crippen molar-refractivity contribution in [3.8, 4) is 11.3 Å². The second-order valence-electron chi connectivity index (χ2n) is 5.80. The van der Waals surface area contributed by atoms with E-state index in [-0.39, 0.29) is 11.0 Å². The Hall–Kier alpha value is -2.41. The van der Waals surface area contributed by atoms with Gasteiger partial charge in [0, 0.05) is 18.3 Å². The van der Waals surface area contributed by atoms with E-state index in [4.69, 9.17) is 0 Å². The van der Waals surface area contributed by atoms with Crippen molar-refractivity contribution < 1.29 is 13.2 Å². The highest BCUT2D eigenvalue weighted by atomic mass is 19.4. The van der Waals surface area contributed by atoms with Crippen LogP contribution in [-0.2, 0) is 12.7 Å². The quantitative estimate of drug-likeness (QED) is 0.730. The SMILES string of the molecule is CN(C)CCn1nc2nccc(C(F)(F)F)c2c1-c1ccccc1. The Morgan fingerprint density at radius 1 is 1.08 bits per heavy atom. The summed E-state index contributed by atoms with van der Waals surface area (Å²) in [6, 6.07) is 10.0. The van der Waals surface area contributed by atoms with Gasteiger partial charge in [0.25, 0.3) is 0 Å². The molecule has 0 atom stereocenters. The van der Waals surface area contributed by atoms with Gasteiger partial charge in [-0.05, 0) is 20.2 Å². The normalized spacial score (nSPS) is 12.2. The molecule has 0 aliphatic rings. The summed E-state index contributed by atoms with van der Waals surface area (Å²) in [6.07, 6.45) is -3.30. The van der Waals surface area contributed by atoms with E-state index in [1.54, 1.807) is 28.9 Å². The van der Waals surface area contributed by atoms with Crippen molar-refractivity contribution in [1.82, 2.24) is 19.7 Å². The molecule has 0 N–H and O–H groups in total. The van der Waals surface area contributed by atoms with Gasteiger partial charge in [0.15, 0.2) is 5.65 Å². The smallest absolute Gasteiger partial charge is 0.308 e. The van der Waals surface area contributed by atoms with Gasteiger partial charge in [0.2, 0.25) is 0 Å². The maximum absolute atomic E-state index is 13.5. The number of likely N-dealkylation sites (N-methyl/N-ethyl adjacent to an activating group) is 1. The van der Waals surface area contributed by atoms with Crippen LogP contribution in [0.5, 0.6) is 0 Å². The van der Waals surface area contributed by atoms with Crippen LogP contribution in [0.2, 0.25) is 0 Å². The molecule has 126 valence electrons. The highest BCUT2D eigenvalue weighted by molar-refractivity contribution is 5.94. The fourth-order valence-corrected chi connectivity index (χ4v) is 2.64. The van der Waals surface area contributed by atoms with E-state index in [1.165, 1.54) is 0 Å². The van der Waals surface area contributed by atoms with Gasteiger partial charge in [-0.25, -0.2) is 4.98 Å². The molecule has 0 amide bonds. The van der Waals surface area contributed by atoms with Gasteiger partial charge in [-0.15, -0.1) is 0 Å². The molecule has 3 rings (SSSR count). The van der Waals surface area contributed by atoms with Gasteiger partial charge in [-0.2, -0.15) is 18.3 Å². The molecule has 2 heterocycles. The van der Waals surface area contributed by atoms with E-state index in [9.17, 15) is 13.2 Å². The fourth-order valence-electron chi connectivity index (χ4n) is 2.64. The first-order chi connectivity index (χ1) is 11.4. The number of benzene rings is 1. The van der Waals surface area contributed by atoms with E-state index >= 15 is 0 Å². The van der Waals surface area contributed by atoms with Crippen molar-refractivity contribution >= 4 is 11.0 Å². The molecule has 24 heavy (non-hydrogen) atoms. The van der Waals surface area contributed by atoms with Gasteiger partial charge >= 0.3 is 6.18 Å². The first kappa shape index (κ1) is 16.4. The number of alkyl halides is 3. The van der Waals surface area contributed by atoms with Crippen LogP contribution < -0.4 is 0 Å². The minimum atomic E-state index is -4.46. The molecule has 0 fully saturated rings. The van der Waals surface area contributed by atoms with Crippen molar-refractivity contribution in [2.75, 3.05) is 20.6 Å². The van der Waals surface area contributed by atoms with Crippen molar-refractivity contribution in [2.45, 2.75) is 12.7 Å². The lowest BCUT2D eigenvalue weighted by atomic mass is 10.0. The maximum Gasteiger partial charge on any atom is 0.417 e. The monoisotopic (exact) mass is 334 g/mol. The van der Waals surface area contributed by atoms with E-state index in [1.807, 2.05) is 25.1 Å². The van der Waals surface area contributed by atoms with Gasteiger partial charge in [-0.1, -0.05) is 30.3 Å². The minimum Gasteiger partial charge on any atom is -0.308 e. The molecule has 0 aliphatic carbocycles. The number of nitrogens with zero attached hydrogens (tertiary/aromatic N) is 4. The molecule has 0 saturated heterocycles. The molecule has 0 aliphatic heterocycles. The van der Waals surface area contributed by atoms with Crippen LogP contribution in [0.1, 0.15) is 5.56 Å². The Kier molecular flexibility index (Phi) is 4.28. The zero-order valence-corrected chi connectivity index (χ0v) is 13.4. The van der Waals surface area contributed by atoms with Crippen molar-refractivity contribution in [3.05, 3.63) is 48.2 Å². The first-order valence-corrected chi connectivity index (χ1v) is 7.51.